The predicted molar refractivity (Wildman–Crippen MR) is 78.2 cm³/mol. The van der Waals surface area contributed by atoms with Gasteiger partial charge in [0.1, 0.15) is 0 Å². The maximum atomic E-state index is 4.08. The van der Waals surface area contributed by atoms with Crippen LogP contribution < -0.4 is 5.32 Å². The zero-order chi connectivity index (χ0) is 11.4. The lowest BCUT2D eigenvalue weighted by Crippen LogP contribution is -2.08. The van der Waals surface area contributed by atoms with Crippen LogP contribution in [-0.2, 0) is 0 Å². The molecule has 0 spiro atoms. The Morgan fingerprint density at radius 1 is 1.53 bits per heavy atom. The standard InChI is InChI=1S/C13H18IN/c1-6-9(3)11(5)13-14-8-12(15-13)10(4)7-2/h7-8,15H,2-3,6H2,1,4-5H3/b12-10+,13-11+. The van der Waals surface area contributed by atoms with Crippen LogP contribution >= 0.6 is 20.7 Å². The van der Waals surface area contributed by atoms with Crippen molar-refractivity contribution < 1.29 is 0 Å². The van der Waals surface area contributed by atoms with Gasteiger partial charge in [0.05, 0.1) is 3.70 Å². The zero-order valence-electron chi connectivity index (χ0n) is 9.65. The third kappa shape index (κ3) is 2.91. The number of hydrogen-bond acceptors (Lipinski definition) is 1. The molecule has 0 aliphatic carbocycles. The van der Waals surface area contributed by atoms with Crippen molar-refractivity contribution in [1.29, 1.82) is 0 Å². The summed E-state index contributed by atoms with van der Waals surface area (Å²) in [5.74, 6) is 0. The van der Waals surface area contributed by atoms with Gasteiger partial charge in [-0.15, -0.1) is 0 Å². The number of halogens is 1. The van der Waals surface area contributed by atoms with Gasteiger partial charge in [-0.2, -0.15) is 0 Å². The smallest absolute Gasteiger partial charge is 0.0753 e. The van der Waals surface area contributed by atoms with Gasteiger partial charge in [0.15, 0.2) is 0 Å². The topological polar surface area (TPSA) is 12.0 Å². The highest BCUT2D eigenvalue weighted by atomic mass is 127. The monoisotopic (exact) mass is 315 g/mol. The summed E-state index contributed by atoms with van der Waals surface area (Å²) >= 11 is -0.00646. The fraction of sp³-hybridized carbons (Fsp3) is 0.308. The minimum Gasteiger partial charge on any atom is -0.350 e. The fourth-order valence-corrected chi connectivity index (χ4v) is 3.74. The van der Waals surface area contributed by atoms with Crippen LogP contribution in [0.1, 0.15) is 27.2 Å². The number of nitrogens with one attached hydrogen (secondary N) is 1. The molecule has 1 aliphatic rings. The van der Waals surface area contributed by atoms with Crippen LogP contribution in [0.3, 0.4) is 0 Å². The van der Waals surface area contributed by atoms with Gasteiger partial charge in [-0.05, 0) is 35.4 Å². The normalized spacial score (nSPS) is 21.5. The molecule has 0 aromatic rings. The zero-order valence-corrected chi connectivity index (χ0v) is 11.8. The van der Waals surface area contributed by atoms with Gasteiger partial charge in [-0.3, -0.25) is 0 Å². The average molecular weight is 315 g/mol. The van der Waals surface area contributed by atoms with Crippen molar-refractivity contribution in [2.75, 3.05) is 0 Å². The van der Waals surface area contributed by atoms with Crippen molar-refractivity contribution in [3.63, 3.8) is 0 Å². The summed E-state index contributed by atoms with van der Waals surface area (Å²) in [5.41, 5.74) is 5.03. The minimum absolute atomic E-state index is 0.00646. The summed E-state index contributed by atoms with van der Waals surface area (Å²) in [7, 11) is 0. The molecular formula is C13H18IN. The van der Waals surface area contributed by atoms with Crippen LogP contribution in [0.15, 0.2) is 45.4 Å². The molecule has 2 heteroatoms. The minimum atomic E-state index is -0.00646. The Morgan fingerprint density at radius 2 is 2.20 bits per heavy atom. The van der Waals surface area contributed by atoms with E-state index in [1.54, 1.807) is 0 Å². The first-order valence-corrected chi connectivity index (χ1v) is 7.38. The second-order valence-electron chi connectivity index (χ2n) is 3.54. The molecule has 1 nitrogen and oxygen atoms in total. The van der Waals surface area contributed by atoms with Gasteiger partial charge in [-0.1, -0.05) is 52.5 Å². The molecule has 1 heterocycles. The van der Waals surface area contributed by atoms with E-state index in [4.69, 9.17) is 0 Å². The molecule has 0 aromatic carbocycles. The molecule has 0 atom stereocenters. The predicted octanol–water partition coefficient (Wildman–Crippen LogP) is 4.02. The molecule has 1 rings (SSSR count). The molecule has 0 bridgehead atoms. The summed E-state index contributed by atoms with van der Waals surface area (Å²) in [6.07, 6.45) is 2.93. The highest BCUT2D eigenvalue weighted by molar-refractivity contribution is 14.2. The van der Waals surface area contributed by atoms with E-state index < -0.39 is 0 Å². The van der Waals surface area contributed by atoms with Gasteiger partial charge in [0.2, 0.25) is 0 Å². The van der Waals surface area contributed by atoms with Crippen molar-refractivity contribution in [2.45, 2.75) is 27.2 Å². The van der Waals surface area contributed by atoms with E-state index in [1.807, 2.05) is 6.08 Å². The van der Waals surface area contributed by atoms with Crippen LogP contribution in [0.5, 0.6) is 0 Å². The molecule has 1 aliphatic heterocycles. The highest BCUT2D eigenvalue weighted by Crippen LogP contribution is 2.28. The molecular weight excluding hydrogens is 297 g/mol. The van der Waals surface area contributed by atoms with Crippen LogP contribution in [0.25, 0.3) is 0 Å². The molecule has 82 valence electrons. The Labute approximate surface area is 102 Å². The van der Waals surface area contributed by atoms with Gasteiger partial charge in [0, 0.05) is 5.70 Å². The largest absolute Gasteiger partial charge is 0.350 e. The SMILES string of the molecule is C=C/C(C)=C1C=I/C(=C(/C)C(=C)CC)N\1. The molecule has 0 amide bonds. The molecule has 1 N–H and O–H groups in total. The Morgan fingerprint density at radius 3 is 2.73 bits per heavy atom. The number of rotatable bonds is 3. The summed E-state index contributed by atoms with van der Waals surface area (Å²) < 4.78 is 3.70. The van der Waals surface area contributed by atoms with E-state index in [0.717, 1.165) is 6.42 Å². The second-order valence-corrected chi connectivity index (χ2v) is 5.86. The Bertz CT molecular complexity index is 383. The first-order valence-electron chi connectivity index (χ1n) is 5.06. The Balaban J connectivity index is 2.95. The third-order valence-corrected chi connectivity index (χ3v) is 5.17. The van der Waals surface area contributed by atoms with Crippen LogP contribution in [0.2, 0.25) is 0 Å². The maximum absolute atomic E-state index is 4.08. The first kappa shape index (κ1) is 12.4. The second kappa shape index (κ2) is 5.45. The van der Waals surface area contributed by atoms with Crippen LogP contribution in [-0.4, -0.2) is 4.01 Å². The Kier molecular flexibility index (Phi) is 4.51. The number of hydrogen-bond donors (Lipinski definition) is 1. The number of allylic oxidation sites excluding steroid dienone is 5. The van der Waals surface area contributed by atoms with E-state index in [-0.39, 0.29) is 20.7 Å². The van der Waals surface area contributed by atoms with Crippen molar-refractivity contribution in [2.24, 2.45) is 0 Å². The van der Waals surface area contributed by atoms with E-state index in [1.165, 1.54) is 26.1 Å². The highest BCUT2D eigenvalue weighted by Gasteiger charge is 2.10. The molecule has 0 fully saturated rings. The average Bonchev–Trinajstić information content (AvgIpc) is 2.75. The molecule has 0 saturated heterocycles. The van der Waals surface area contributed by atoms with Crippen LogP contribution in [0.4, 0.5) is 0 Å². The molecule has 0 aromatic heterocycles. The van der Waals surface area contributed by atoms with E-state index >= 15 is 0 Å². The summed E-state index contributed by atoms with van der Waals surface area (Å²) in [5, 5.41) is 3.48. The van der Waals surface area contributed by atoms with Crippen molar-refractivity contribution >= 4 is 24.7 Å². The first-order chi connectivity index (χ1) is 7.10. The van der Waals surface area contributed by atoms with E-state index in [2.05, 4.69) is 43.3 Å². The van der Waals surface area contributed by atoms with E-state index in [9.17, 15) is 0 Å². The third-order valence-electron chi connectivity index (χ3n) is 2.53. The lowest BCUT2D eigenvalue weighted by molar-refractivity contribution is 1.05. The van der Waals surface area contributed by atoms with Gasteiger partial charge in [-0.25, -0.2) is 0 Å². The fourth-order valence-electron chi connectivity index (χ4n) is 1.17. The van der Waals surface area contributed by atoms with Crippen molar-refractivity contribution in [3.05, 3.63) is 45.4 Å². The molecule has 0 radical (unpaired) electrons. The summed E-state index contributed by atoms with van der Waals surface area (Å²) in [6.45, 7) is 14.3. The summed E-state index contributed by atoms with van der Waals surface area (Å²) in [6, 6.07) is 0. The molecule has 15 heavy (non-hydrogen) atoms. The molecule has 0 unspecified atom stereocenters. The van der Waals surface area contributed by atoms with Gasteiger partial charge in [0.25, 0.3) is 0 Å². The molecule has 0 saturated carbocycles. The van der Waals surface area contributed by atoms with Crippen LogP contribution in [0, 0.1) is 0 Å². The quantitative estimate of drug-likeness (QED) is 0.613. The summed E-state index contributed by atoms with van der Waals surface area (Å²) in [4.78, 5) is 0. The van der Waals surface area contributed by atoms with Crippen molar-refractivity contribution in [3.8, 4) is 0 Å². The lowest BCUT2D eigenvalue weighted by Gasteiger charge is -2.08. The Hall–Kier alpha value is -0.640. The maximum Gasteiger partial charge on any atom is 0.0753 e. The van der Waals surface area contributed by atoms with Gasteiger partial charge >= 0.3 is 0 Å². The van der Waals surface area contributed by atoms with E-state index in [0.29, 0.717) is 0 Å². The van der Waals surface area contributed by atoms with Gasteiger partial charge < -0.3 is 5.32 Å². The van der Waals surface area contributed by atoms with Crippen molar-refractivity contribution in [1.82, 2.24) is 5.32 Å². The lowest BCUT2D eigenvalue weighted by atomic mass is 10.1.